The van der Waals surface area contributed by atoms with Gasteiger partial charge in [-0.15, -0.1) is 0 Å². The Morgan fingerprint density at radius 1 is 1.12 bits per heavy atom. The molecule has 1 aromatic carbocycles. The molecule has 0 spiro atoms. The van der Waals surface area contributed by atoms with Crippen molar-refractivity contribution in [1.29, 1.82) is 0 Å². The van der Waals surface area contributed by atoms with Crippen molar-refractivity contribution in [2.24, 2.45) is 0 Å². The van der Waals surface area contributed by atoms with E-state index in [1.54, 1.807) is 19.1 Å². The van der Waals surface area contributed by atoms with E-state index in [9.17, 15) is 4.79 Å². The first-order chi connectivity index (χ1) is 12.6. The Bertz CT molecular complexity index is 888. The molecule has 0 atom stereocenters. The third kappa shape index (κ3) is 3.88. The van der Waals surface area contributed by atoms with Crippen LogP contribution in [0.2, 0.25) is 0 Å². The van der Waals surface area contributed by atoms with Crippen LogP contribution in [0, 0.1) is 6.92 Å². The van der Waals surface area contributed by atoms with E-state index >= 15 is 0 Å². The molecule has 2 heterocycles. The lowest BCUT2D eigenvalue weighted by atomic mass is 10.2. The Balaban J connectivity index is 2.00. The summed E-state index contributed by atoms with van der Waals surface area (Å²) in [5, 5.41) is 6.50. The molecule has 2 aromatic heterocycles. The molecule has 0 aliphatic rings. The van der Waals surface area contributed by atoms with E-state index in [0.29, 0.717) is 23.2 Å². The van der Waals surface area contributed by atoms with E-state index in [0.717, 1.165) is 18.7 Å². The molecule has 0 radical (unpaired) electrons. The van der Waals surface area contributed by atoms with Crippen LogP contribution in [0.5, 0.6) is 0 Å². The van der Waals surface area contributed by atoms with Crippen LogP contribution in [0.1, 0.15) is 30.1 Å². The number of anilines is 2. The lowest BCUT2D eigenvalue weighted by Gasteiger charge is -2.20. The number of aromatic nitrogens is 3. The van der Waals surface area contributed by atoms with Gasteiger partial charge in [0.2, 0.25) is 0 Å². The molecule has 0 saturated carbocycles. The van der Waals surface area contributed by atoms with Crippen molar-refractivity contribution >= 4 is 17.5 Å². The Morgan fingerprint density at radius 3 is 2.46 bits per heavy atom. The number of benzene rings is 1. The number of aryl methyl sites for hydroxylation is 1. The van der Waals surface area contributed by atoms with Gasteiger partial charge < -0.3 is 14.7 Å². The van der Waals surface area contributed by atoms with Crippen molar-refractivity contribution in [3.8, 4) is 11.4 Å². The van der Waals surface area contributed by atoms with Crippen LogP contribution < -0.4 is 10.2 Å². The van der Waals surface area contributed by atoms with Gasteiger partial charge in [-0.05, 0) is 20.8 Å². The van der Waals surface area contributed by atoms with E-state index in [1.165, 1.54) is 0 Å². The first-order valence-electron chi connectivity index (χ1n) is 8.54. The van der Waals surface area contributed by atoms with Gasteiger partial charge in [-0.25, -0.2) is 9.97 Å². The summed E-state index contributed by atoms with van der Waals surface area (Å²) >= 11 is 0. The first-order valence-corrected chi connectivity index (χ1v) is 8.54. The SMILES string of the molecule is CCN(CC)c1cc(C(=O)Nc2cc(C)on2)nc(-c2ccccc2)n1. The van der Waals surface area contributed by atoms with Gasteiger partial charge in [-0.2, -0.15) is 0 Å². The lowest BCUT2D eigenvalue weighted by molar-refractivity contribution is 0.102. The second kappa shape index (κ2) is 7.77. The third-order valence-electron chi connectivity index (χ3n) is 3.93. The van der Waals surface area contributed by atoms with Crippen LogP contribution >= 0.6 is 0 Å². The number of nitrogens with one attached hydrogen (secondary N) is 1. The fourth-order valence-electron chi connectivity index (χ4n) is 2.58. The predicted octanol–water partition coefficient (Wildman–Crippen LogP) is 3.54. The standard InChI is InChI=1S/C19H21N5O2/c1-4-24(5-2)17-12-15(19(25)21-16-11-13(3)26-23-16)20-18(22-17)14-9-7-6-8-10-14/h6-12H,4-5H2,1-3H3,(H,21,23,25). The van der Waals surface area contributed by atoms with Crippen molar-refractivity contribution in [3.05, 3.63) is 53.9 Å². The van der Waals surface area contributed by atoms with Gasteiger partial charge in [0.25, 0.3) is 5.91 Å². The zero-order chi connectivity index (χ0) is 18.5. The molecule has 0 unspecified atom stereocenters. The highest BCUT2D eigenvalue weighted by molar-refractivity contribution is 6.03. The molecule has 3 aromatic rings. The van der Waals surface area contributed by atoms with Gasteiger partial charge in [0.15, 0.2) is 11.6 Å². The van der Waals surface area contributed by atoms with Gasteiger partial charge in [0, 0.05) is 30.8 Å². The van der Waals surface area contributed by atoms with E-state index in [2.05, 4.69) is 25.3 Å². The minimum atomic E-state index is -0.355. The lowest BCUT2D eigenvalue weighted by Crippen LogP contribution is -2.24. The summed E-state index contributed by atoms with van der Waals surface area (Å²) in [6.45, 7) is 7.42. The molecule has 0 aliphatic carbocycles. The summed E-state index contributed by atoms with van der Waals surface area (Å²) in [7, 11) is 0. The second-order valence-corrected chi connectivity index (χ2v) is 5.75. The van der Waals surface area contributed by atoms with Gasteiger partial charge in [-0.1, -0.05) is 35.5 Å². The number of hydrogen-bond acceptors (Lipinski definition) is 6. The number of nitrogens with zero attached hydrogens (tertiary/aromatic N) is 4. The Labute approximate surface area is 152 Å². The Hall–Kier alpha value is -3.22. The van der Waals surface area contributed by atoms with Crippen LogP contribution in [0.15, 0.2) is 47.0 Å². The second-order valence-electron chi connectivity index (χ2n) is 5.75. The largest absolute Gasteiger partial charge is 0.360 e. The highest BCUT2D eigenvalue weighted by Gasteiger charge is 2.16. The summed E-state index contributed by atoms with van der Waals surface area (Å²) in [4.78, 5) is 23.8. The maximum atomic E-state index is 12.7. The Morgan fingerprint density at radius 2 is 1.85 bits per heavy atom. The monoisotopic (exact) mass is 351 g/mol. The summed E-state index contributed by atoms with van der Waals surface area (Å²) in [5.41, 5.74) is 1.13. The quantitative estimate of drug-likeness (QED) is 0.731. The number of hydrogen-bond donors (Lipinski definition) is 1. The van der Waals surface area contributed by atoms with Gasteiger partial charge in [-0.3, -0.25) is 4.79 Å². The maximum absolute atomic E-state index is 12.7. The highest BCUT2D eigenvalue weighted by atomic mass is 16.5. The average molecular weight is 351 g/mol. The normalized spacial score (nSPS) is 10.6. The number of carbonyl (C=O) groups is 1. The minimum absolute atomic E-state index is 0.279. The van der Waals surface area contributed by atoms with Crippen molar-refractivity contribution in [2.75, 3.05) is 23.3 Å². The van der Waals surface area contributed by atoms with Crippen LogP contribution in [0.4, 0.5) is 11.6 Å². The van der Waals surface area contributed by atoms with Crippen molar-refractivity contribution < 1.29 is 9.32 Å². The number of carbonyl (C=O) groups excluding carboxylic acids is 1. The van der Waals surface area contributed by atoms with E-state index in [4.69, 9.17) is 4.52 Å². The van der Waals surface area contributed by atoms with Crippen molar-refractivity contribution in [2.45, 2.75) is 20.8 Å². The summed E-state index contributed by atoms with van der Waals surface area (Å²) in [6.07, 6.45) is 0. The zero-order valence-corrected chi connectivity index (χ0v) is 15.1. The number of rotatable bonds is 6. The van der Waals surface area contributed by atoms with E-state index in [-0.39, 0.29) is 11.6 Å². The van der Waals surface area contributed by atoms with Gasteiger partial charge in [0.1, 0.15) is 17.3 Å². The molecule has 7 heteroatoms. The molecule has 1 N–H and O–H groups in total. The molecule has 1 amide bonds. The smallest absolute Gasteiger partial charge is 0.275 e. The topological polar surface area (TPSA) is 84.2 Å². The molecule has 3 rings (SSSR count). The summed E-state index contributed by atoms with van der Waals surface area (Å²) < 4.78 is 4.99. The van der Waals surface area contributed by atoms with Gasteiger partial charge in [0.05, 0.1) is 0 Å². The average Bonchev–Trinajstić information content (AvgIpc) is 3.08. The maximum Gasteiger partial charge on any atom is 0.275 e. The Kier molecular flexibility index (Phi) is 5.26. The zero-order valence-electron chi connectivity index (χ0n) is 15.1. The molecule has 134 valence electrons. The fourth-order valence-corrected chi connectivity index (χ4v) is 2.58. The molecular weight excluding hydrogens is 330 g/mol. The van der Waals surface area contributed by atoms with Crippen LogP contribution in [-0.2, 0) is 0 Å². The molecule has 0 saturated heterocycles. The van der Waals surface area contributed by atoms with Crippen molar-refractivity contribution in [3.63, 3.8) is 0 Å². The minimum Gasteiger partial charge on any atom is -0.360 e. The van der Waals surface area contributed by atoms with Crippen LogP contribution in [0.3, 0.4) is 0 Å². The highest BCUT2D eigenvalue weighted by Crippen LogP contribution is 2.21. The van der Waals surface area contributed by atoms with Crippen LogP contribution in [-0.4, -0.2) is 34.1 Å². The van der Waals surface area contributed by atoms with Crippen molar-refractivity contribution in [1.82, 2.24) is 15.1 Å². The molecule has 26 heavy (non-hydrogen) atoms. The molecular formula is C19H21N5O2. The van der Waals surface area contributed by atoms with E-state index in [1.807, 2.05) is 44.2 Å². The summed E-state index contributed by atoms with van der Waals surface area (Å²) in [6, 6.07) is 13.0. The molecule has 0 fully saturated rings. The predicted molar refractivity (Wildman–Crippen MR) is 100 cm³/mol. The third-order valence-corrected chi connectivity index (χ3v) is 3.93. The number of amides is 1. The summed E-state index contributed by atoms with van der Waals surface area (Å²) in [5.74, 6) is 1.85. The first kappa shape index (κ1) is 17.6. The molecule has 7 nitrogen and oxygen atoms in total. The fraction of sp³-hybridized carbons (Fsp3) is 0.263. The van der Waals surface area contributed by atoms with E-state index < -0.39 is 0 Å². The molecule has 0 aliphatic heterocycles. The van der Waals surface area contributed by atoms with Crippen LogP contribution in [0.25, 0.3) is 11.4 Å². The molecule has 0 bridgehead atoms. The van der Waals surface area contributed by atoms with Gasteiger partial charge >= 0.3 is 0 Å².